The van der Waals surface area contributed by atoms with Crippen molar-refractivity contribution in [2.45, 2.75) is 63.3 Å². The summed E-state index contributed by atoms with van der Waals surface area (Å²) in [5.41, 5.74) is 0. The molecule has 4 unspecified atom stereocenters. The Hall–Kier alpha value is -0.120. The molecule has 3 heteroatoms. The van der Waals surface area contributed by atoms with Crippen LogP contribution in [-0.2, 0) is 4.74 Å². The third-order valence-corrected chi connectivity index (χ3v) is 4.08. The third kappa shape index (κ3) is 2.35. The molecule has 1 saturated carbocycles. The summed E-state index contributed by atoms with van der Waals surface area (Å²) in [6.45, 7) is 3.02. The first-order valence-corrected chi connectivity index (χ1v) is 6.21. The van der Waals surface area contributed by atoms with Gasteiger partial charge in [0, 0.05) is 18.7 Å². The van der Waals surface area contributed by atoms with Crippen molar-refractivity contribution in [3.05, 3.63) is 0 Å². The number of rotatable bonds is 2. The first-order chi connectivity index (χ1) is 7.20. The van der Waals surface area contributed by atoms with Gasteiger partial charge in [0.1, 0.15) is 0 Å². The van der Waals surface area contributed by atoms with E-state index in [1.54, 1.807) is 0 Å². The van der Waals surface area contributed by atoms with Crippen LogP contribution in [0.5, 0.6) is 0 Å². The second-order valence-corrected chi connectivity index (χ2v) is 5.02. The first-order valence-electron chi connectivity index (χ1n) is 6.21. The lowest BCUT2D eigenvalue weighted by Crippen LogP contribution is -2.50. The molecule has 0 amide bonds. The average molecular weight is 213 g/mol. The van der Waals surface area contributed by atoms with Crippen LogP contribution in [0.2, 0.25) is 0 Å². The Balaban J connectivity index is 1.96. The predicted octanol–water partition coefficient (Wildman–Crippen LogP) is 1.40. The van der Waals surface area contributed by atoms with Crippen molar-refractivity contribution in [2.24, 2.45) is 0 Å². The number of hydrogen-bond acceptors (Lipinski definition) is 3. The molecule has 4 atom stereocenters. The Labute approximate surface area is 92.4 Å². The molecule has 2 aliphatic rings. The number of aliphatic hydroxyl groups is 1. The molecular formula is C12H23NO2. The molecule has 1 N–H and O–H groups in total. The molecule has 2 fully saturated rings. The van der Waals surface area contributed by atoms with Gasteiger partial charge < -0.3 is 9.84 Å². The zero-order valence-corrected chi connectivity index (χ0v) is 9.85. The second-order valence-electron chi connectivity index (χ2n) is 5.02. The van der Waals surface area contributed by atoms with Crippen LogP contribution < -0.4 is 0 Å². The van der Waals surface area contributed by atoms with E-state index in [9.17, 15) is 5.11 Å². The fourth-order valence-electron chi connectivity index (χ4n) is 3.07. The van der Waals surface area contributed by atoms with E-state index in [0.29, 0.717) is 18.2 Å². The molecule has 0 bridgehead atoms. The summed E-state index contributed by atoms with van der Waals surface area (Å²) in [5, 5.41) is 10.0. The Kier molecular flexibility index (Phi) is 3.65. The number of hydrogen-bond donors (Lipinski definition) is 1. The van der Waals surface area contributed by atoms with Gasteiger partial charge in [0.25, 0.3) is 0 Å². The quantitative estimate of drug-likeness (QED) is 0.752. The lowest BCUT2D eigenvalue weighted by molar-refractivity contribution is -0.00482. The molecule has 1 aliphatic carbocycles. The SMILES string of the molecule is CC1OCCC1N(C)C1CCCCC1O. The molecule has 0 radical (unpaired) electrons. The highest BCUT2D eigenvalue weighted by molar-refractivity contribution is 4.89. The first kappa shape index (κ1) is 11.4. The van der Waals surface area contributed by atoms with E-state index < -0.39 is 0 Å². The molecule has 15 heavy (non-hydrogen) atoms. The van der Waals surface area contributed by atoms with Gasteiger partial charge in [0.05, 0.1) is 12.2 Å². The van der Waals surface area contributed by atoms with Gasteiger partial charge in [0.2, 0.25) is 0 Å². The van der Waals surface area contributed by atoms with E-state index in [4.69, 9.17) is 4.74 Å². The van der Waals surface area contributed by atoms with E-state index in [0.717, 1.165) is 25.9 Å². The van der Waals surface area contributed by atoms with Crippen LogP contribution in [-0.4, -0.2) is 48.0 Å². The maximum Gasteiger partial charge on any atom is 0.0703 e. The summed E-state index contributed by atoms with van der Waals surface area (Å²) in [6, 6.07) is 0.857. The van der Waals surface area contributed by atoms with Gasteiger partial charge in [-0.2, -0.15) is 0 Å². The summed E-state index contributed by atoms with van der Waals surface area (Å²) in [6.07, 6.45) is 5.86. The summed E-state index contributed by atoms with van der Waals surface area (Å²) in [7, 11) is 2.15. The van der Waals surface area contributed by atoms with Crippen molar-refractivity contribution >= 4 is 0 Å². The zero-order valence-electron chi connectivity index (χ0n) is 9.85. The fraction of sp³-hybridized carbons (Fsp3) is 1.00. The van der Waals surface area contributed by atoms with Crippen LogP contribution >= 0.6 is 0 Å². The molecule has 0 aromatic heterocycles. The third-order valence-electron chi connectivity index (χ3n) is 4.08. The Morgan fingerprint density at radius 3 is 2.47 bits per heavy atom. The van der Waals surface area contributed by atoms with Crippen LogP contribution in [0.15, 0.2) is 0 Å². The highest BCUT2D eigenvalue weighted by Gasteiger charge is 2.35. The summed E-state index contributed by atoms with van der Waals surface area (Å²) >= 11 is 0. The molecule has 1 heterocycles. The molecular weight excluding hydrogens is 190 g/mol. The predicted molar refractivity (Wildman–Crippen MR) is 59.8 cm³/mol. The summed E-state index contributed by atoms with van der Waals surface area (Å²) < 4.78 is 5.59. The van der Waals surface area contributed by atoms with E-state index in [1.807, 2.05) is 0 Å². The Morgan fingerprint density at radius 1 is 1.13 bits per heavy atom. The van der Waals surface area contributed by atoms with Gasteiger partial charge in [-0.3, -0.25) is 4.90 Å². The van der Waals surface area contributed by atoms with E-state index >= 15 is 0 Å². The number of nitrogens with zero attached hydrogens (tertiary/aromatic N) is 1. The Morgan fingerprint density at radius 2 is 1.87 bits per heavy atom. The highest BCUT2D eigenvalue weighted by atomic mass is 16.5. The summed E-state index contributed by atoms with van der Waals surface area (Å²) in [4.78, 5) is 2.36. The minimum absolute atomic E-state index is 0.128. The number of ether oxygens (including phenoxy) is 1. The molecule has 88 valence electrons. The molecule has 0 aromatic carbocycles. The van der Waals surface area contributed by atoms with Crippen LogP contribution in [0.4, 0.5) is 0 Å². The molecule has 1 aliphatic heterocycles. The van der Waals surface area contributed by atoms with Crippen LogP contribution in [0.1, 0.15) is 39.0 Å². The van der Waals surface area contributed by atoms with Gasteiger partial charge in [0.15, 0.2) is 0 Å². The van der Waals surface area contributed by atoms with Gasteiger partial charge in [-0.15, -0.1) is 0 Å². The van der Waals surface area contributed by atoms with Crippen molar-refractivity contribution in [2.75, 3.05) is 13.7 Å². The lowest BCUT2D eigenvalue weighted by atomic mass is 9.90. The minimum atomic E-state index is -0.128. The maximum atomic E-state index is 10.0. The van der Waals surface area contributed by atoms with Gasteiger partial charge in [-0.05, 0) is 33.2 Å². The van der Waals surface area contributed by atoms with E-state index in [1.165, 1.54) is 12.8 Å². The Bertz CT molecular complexity index is 210. The minimum Gasteiger partial charge on any atom is -0.391 e. The van der Waals surface area contributed by atoms with Crippen molar-refractivity contribution in [1.29, 1.82) is 0 Å². The van der Waals surface area contributed by atoms with Crippen molar-refractivity contribution in [1.82, 2.24) is 4.90 Å². The summed E-state index contributed by atoms with van der Waals surface area (Å²) in [5.74, 6) is 0. The monoisotopic (exact) mass is 213 g/mol. The standard InChI is InChI=1S/C12H23NO2/c1-9-10(7-8-15-9)13(2)11-5-3-4-6-12(11)14/h9-12,14H,3-8H2,1-2H3. The van der Waals surface area contributed by atoms with Crippen molar-refractivity contribution in [3.8, 4) is 0 Å². The number of likely N-dealkylation sites (N-methyl/N-ethyl adjacent to an activating group) is 1. The molecule has 0 spiro atoms. The smallest absolute Gasteiger partial charge is 0.0703 e. The number of aliphatic hydroxyl groups excluding tert-OH is 1. The average Bonchev–Trinajstić information content (AvgIpc) is 2.64. The molecule has 2 rings (SSSR count). The molecule has 0 aromatic rings. The lowest BCUT2D eigenvalue weighted by Gasteiger charge is -2.39. The largest absolute Gasteiger partial charge is 0.391 e. The topological polar surface area (TPSA) is 32.7 Å². The molecule has 3 nitrogen and oxygen atoms in total. The van der Waals surface area contributed by atoms with Gasteiger partial charge in [-0.1, -0.05) is 12.8 Å². The van der Waals surface area contributed by atoms with Crippen LogP contribution in [0.25, 0.3) is 0 Å². The van der Waals surface area contributed by atoms with E-state index in [-0.39, 0.29) is 6.10 Å². The van der Waals surface area contributed by atoms with Gasteiger partial charge in [-0.25, -0.2) is 0 Å². The van der Waals surface area contributed by atoms with Crippen molar-refractivity contribution < 1.29 is 9.84 Å². The van der Waals surface area contributed by atoms with Crippen LogP contribution in [0, 0.1) is 0 Å². The normalized spacial score (nSPS) is 42.4. The van der Waals surface area contributed by atoms with Crippen LogP contribution in [0.3, 0.4) is 0 Å². The molecule has 1 saturated heterocycles. The van der Waals surface area contributed by atoms with Gasteiger partial charge >= 0.3 is 0 Å². The second kappa shape index (κ2) is 4.81. The highest BCUT2D eigenvalue weighted by Crippen LogP contribution is 2.27. The van der Waals surface area contributed by atoms with E-state index in [2.05, 4.69) is 18.9 Å². The van der Waals surface area contributed by atoms with Crippen molar-refractivity contribution in [3.63, 3.8) is 0 Å². The zero-order chi connectivity index (χ0) is 10.8. The maximum absolute atomic E-state index is 10.0. The fourth-order valence-corrected chi connectivity index (χ4v) is 3.07.